The summed E-state index contributed by atoms with van der Waals surface area (Å²) in [4.78, 5) is 11.4. The molecule has 0 bridgehead atoms. The van der Waals surface area contributed by atoms with Gasteiger partial charge in [-0.25, -0.2) is 0 Å². The van der Waals surface area contributed by atoms with E-state index >= 15 is 0 Å². The van der Waals surface area contributed by atoms with Crippen LogP contribution in [0.3, 0.4) is 0 Å². The molecule has 0 saturated heterocycles. The van der Waals surface area contributed by atoms with Gasteiger partial charge in [0.2, 0.25) is 0 Å². The Morgan fingerprint density at radius 3 is 2.65 bits per heavy atom. The lowest BCUT2D eigenvalue weighted by molar-refractivity contribution is -0.139. The zero-order valence-corrected chi connectivity index (χ0v) is 10.1. The largest absolute Gasteiger partial charge is 0.469 e. The van der Waals surface area contributed by atoms with Crippen LogP contribution >= 0.6 is 0 Å². The topological polar surface area (TPSA) is 76.1 Å². The molecular formula is C13H16N2O2. The van der Waals surface area contributed by atoms with E-state index in [1.165, 1.54) is 7.11 Å². The molecule has 0 amide bonds. The molecule has 0 atom stereocenters. The maximum atomic E-state index is 11.4. The number of hydrogen-bond donors (Lipinski definition) is 1. The number of esters is 1. The van der Waals surface area contributed by atoms with Crippen LogP contribution in [0.2, 0.25) is 0 Å². The molecule has 1 rings (SSSR count). The number of nitriles is 1. The highest BCUT2D eigenvalue weighted by atomic mass is 16.5. The van der Waals surface area contributed by atoms with E-state index in [2.05, 4.69) is 10.8 Å². The van der Waals surface area contributed by atoms with Gasteiger partial charge in [0.25, 0.3) is 0 Å². The van der Waals surface area contributed by atoms with E-state index in [0.717, 1.165) is 16.7 Å². The van der Waals surface area contributed by atoms with Gasteiger partial charge in [0.05, 0.1) is 25.2 Å². The highest BCUT2D eigenvalue weighted by molar-refractivity contribution is 5.74. The lowest BCUT2D eigenvalue weighted by Crippen LogP contribution is -2.12. The zero-order valence-electron chi connectivity index (χ0n) is 10.1. The summed E-state index contributed by atoms with van der Waals surface area (Å²) in [5.41, 5.74) is 8.87. The molecule has 4 nitrogen and oxygen atoms in total. The second kappa shape index (κ2) is 6.02. The second-order valence-electron chi connectivity index (χ2n) is 3.65. The first kappa shape index (κ1) is 13.2. The zero-order chi connectivity index (χ0) is 12.8. The Balaban J connectivity index is 3.30. The fourth-order valence-corrected chi connectivity index (χ4v) is 1.88. The van der Waals surface area contributed by atoms with Crippen molar-refractivity contribution in [2.45, 2.75) is 26.3 Å². The Hall–Kier alpha value is -1.86. The number of ether oxygens (including phenoxy) is 1. The number of hydrogen-bond acceptors (Lipinski definition) is 4. The maximum absolute atomic E-state index is 11.4. The minimum absolute atomic E-state index is 0.168. The highest BCUT2D eigenvalue weighted by Gasteiger charge is 2.14. The quantitative estimate of drug-likeness (QED) is 0.794. The Labute approximate surface area is 101 Å². The Morgan fingerprint density at radius 1 is 1.47 bits per heavy atom. The minimum Gasteiger partial charge on any atom is -0.469 e. The Kier molecular flexibility index (Phi) is 4.68. The van der Waals surface area contributed by atoms with Gasteiger partial charge >= 0.3 is 5.97 Å². The average molecular weight is 232 g/mol. The van der Waals surface area contributed by atoms with E-state index in [0.29, 0.717) is 18.5 Å². The molecule has 1 aromatic rings. The molecule has 2 N–H and O–H groups in total. The molecule has 0 aromatic heterocycles. The van der Waals surface area contributed by atoms with Gasteiger partial charge in [-0.15, -0.1) is 0 Å². The summed E-state index contributed by atoms with van der Waals surface area (Å²) in [7, 11) is 1.35. The molecule has 0 saturated carbocycles. The van der Waals surface area contributed by atoms with E-state index in [9.17, 15) is 4.79 Å². The summed E-state index contributed by atoms with van der Waals surface area (Å²) in [6.45, 7) is 2.31. The van der Waals surface area contributed by atoms with Gasteiger partial charge in [-0.3, -0.25) is 4.79 Å². The van der Waals surface area contributed by atoms with Crippen molar-refractivity contribution in [1.82, 2.24) is 0 Å². The van der Waals surface area contributed by atoms with E-state index in [1.807, 2.05) is 6.92 Å². The van der Waals surface area contributed by atoms with Crippen LogP contribution in [0.1, 0.15) is 29.2 Å². The van der Waals surface area contributed by atoms with Crippen LogP contribution in [-0.4, -0.2) is 13.1 Å². The minimum atomic E-state index is -0.315. The van der Waals surface area contributed by atoms with Crippen molar-refractivity contribution in [3.63, 3.8) is 0 Å². The Bertz CT molecular complexity index is 461. The smallest absolute Gasteiger partial charge is 0.309 e. The number of benzene rings is 1. The predicted molar refractivity (Wildman–Crippen MR) is 64.1 cm³/mol. The molecule has 0 aliphatic rings. The van der Waals surface area contributed by atoms with Gasteiger partial charge in [0.15, 0.2) is 0 Å². The number of methoxy groups -OCH3 is 1. The molecule has 0 heterocycles. The summed E-state index contributed by atoms with van der Waals surface area (Å²) in [6.07, 6.45) is 0.866. The Morgan fingerprint density at radius 2 is 2.18 bits per heavy atom. The lowest BCUT2D eigenvalue weighted by Gasteiger charge is -2.13. The van der Waals surface area contributed by atoms with Gasteiger partial charge in [0, 0.05) is 6.54 Å². The SMILES string of the molecule is CCc1c(C#N)ccc(CN)c1CC(=O)OC. The molecule has 0 aliphatic heterocycles. The number of nitrogens with zero attached hydrogens (tertiary/aromatic N) is 1. The first-order valence-corrected chi connectivity index (χ1v) is 5.48. The molecule has 0 spiro atoms. The van der Waals surface area contributed by atoms with E-state index in [-0.39, 0.29) is 12.4 Å². The van der Waals surface area contributed by atoms with Gasteiger partial charge in [-0.05, 0) is 29.2 Å². The summed E-state index contributed by atoms with van der Waals surface area (Å²) < 4.78 is 4.66. The summed E-state index contributed by atoms with van der Waals surface area (Å²) in [6, 6.07) is 5.69. The third-order valence-electron chi connectivity index (χ3n) is 2.77. The first-order chi connectivity index (χ1) is 8.17. The van der Waals surface area contributed by atoms with Gasteiger partial charge < -0.3 is 10.5 Å². The first-order valence-electron chi connectivity index (χ1n) is 5.48. The standard InChI is InChI=1S/C13H16N2O2/c1-3-11-9(7-14)4-5-10(8-15)12(11)6-13(16)17-2/h4-5H,3,6,8,15H2,1-2H3. The molecule has 4 heteroatoms. The summed E-state index contributed by atoms with van der Waals surface area (Å²) in [5.74, 6) is -0.315. The monoisotopic (exact) mass is 232 g/mol. The van der Waals surface area contributed by atoms with Crippen molar-refractivity contribution in [3.05, 3.63) is 34.4 Å². The predicted octanol–water partition coefficient (Wildman–Crippen LogP) is 1.29. The fourth-order valence-electron chi connectivity index (χ4n) is 1.88. The van der Waals surface area contributed by atoms with E-state index < -0.39 is 0 Å². The van der Waals surface area contributed by atoms with E-state index in [4.69, 9.17) is 11.0 Å². The van der Waals surface area contributed by atoms with Gasteiger partial charge in [-0.1, -0.05) is 13.0 Å². The number of carbonyl (C=O) groups excluding carboxylic acids is 1. The maximum Gasteiger partial charge on any atom is 0.309 e. The highest BCUT2D eigenvalue weighted by Crippen LogP contribution is 2.20. The summed E-state index contributed by atoms with van der Waals surface area (Å²) in [5, 5.41) is 9.03. The van der Waals surface area contributed by atoms with Crippen molar-refractivity contribution in [2.75, 3.05) is 7.11 Å². The fraction of sp³-hybridized carbons (Fsp3) is 0.385. The van der Waals surface area contributed by atoms with Crippen LogP contribution in [0.5, 0.6) is 0 Å². The molecule has 1 aromatic carbocycles. The van der Waals surface area contributed by atoms with E-state index in [1.54, 1.807) is 12.1 Å². The van der Waals surface area contributed by atoms with Crippen LogP contribution < -0.4 is 5.73 Å². The van der Waals surface area contributed by atoms with Crippen LogP contribution in [-0.2, 0) is 28.9 Å². The number of nitrogens with two attached hydrogens (primary N) is 1. The third-order valence-corrected chi connectivity index (χ3v) is 2.77. The van der Waals surface area contributed by atoms with Gasteiger partial charge in [0.1, 0.15) is 0 Å². The van der Waals surface area contributed by atoms with Crippen LogP contribution in [0.25, 0.3) is 0 Å². The third kappa shape index (κ3) is 2.83. The molecule has 0 fully saturated rings. The molecule has 90 valence electrons. The van der Waals surface area contributed by atoms with Crippen molar-refractivity contribution in [1.29, 1.82) is 5.26 Å². The molecule has 17 heavy (non-hydrogen) atoms. The van der Waals surface area contributed by atoms with Crippen molar-refractivity contribution in [3.8, 4) is 6.07 Å². The normalized spacial score (nSPS) is 9.76. The van der Waals surface area contributed by atoms with Crippen molar-refractivity contribution in [2.24, 2.45) is 5.73 Å². The number of carbonyl (C=O) groups is 1. The number of rotatable bonds is 4. The average Bonchev–Trinajstić information content (AvgIpc) is 2.37. The van der Waals surface area contributed by atoms with Crippen LogP contribution in [0.15, 0.2) is 12.1 Å². The second-order valence-corrected chi connectivity index (χ2v) is 3.65. The lowest BCUT2D eigenvalue weighted by atomic mass is 9.92. The van der Waals surface area contributed by atoms with Gasteiger partial charge in [-0.2, -0.15) is 5.26 Å². The van der Waals surface area contributed by atoms with Crippen molar-refractivity contribution >= 4 is 5.97 Å². The van der Waals surface area contributed by atoms with Crippen molar-refractivity contribution < 1.29 is 9.53 Å². The van der Waals surface area contributed by atoms with Crippen LogP contribution in [0.4, 0.5) is 0 Å². The molecule has 0 radical (unpaired) electrons. The molecule has 0 aliphatic carbocycles. The molecular weight excluding hydrogens is 216 g/mol. The van der Waals surface area contributed by atoms with Crippen LogP contribution in [0, 0.1) is 11.3 Å². The molecule has 0 unspecified atom stereocenters. The summed E-state index contributed by atoms with van der Waals surface area (Å²) >= 11 is 0.